The number of alkyl halides is 3. The third-order valence-corrected chi connectivity index (χ3v) is 5.86. The fourth-order valence-corrected chi connectivity index (χ4v) is 3.99. The minimum absolute atomic E-state index is 0.181. The second-order valence-electron chi connectivity index (χ2n) is 8.48. The molecule has 1 aliphatic carbocycles. The van der Waals surface area contributed by atoms with E-state index in [0.29, 0.717) is 28.7 Å². The maximum Gasteiger partial charge on any atom is 0.573 e. The fourth-order valence-electron chi connectivity index (χ4n) is 3.78. The van der Waals surface area contributed by atoms with Gasteiger partial charge in [-0.3, -0.25) is 0 Å². The molecule has 1 aromatic heterocycles. The van der Waals surface area contributed by atoms with Crippen molar-refractivity contribution in [2.24, 2.45) is 4.99 Å². The number of nitrogens with zero attached hydrogens (tertiary/aromatic N) is 4. The van der Waals surface area contributed by atoms with Gasteiger partial charge in [-0.1, -0.05) is 18.2 Å². The first-order valence-corrected chi connectivity index (χ1v) is 12.0. The van der Waals surface area contributed by atoms with Crippen LogP contribution in [0.25, 0.3) is 17.1 Å². The highest BCUT2D eigenvalue weighted by atomic mass is 32.1. The summed E-state index contributed by atoms with van der Waals surface area (Å²) < 4.78 is 42.3. The Labute approximate surface area is 221 Å². The molecule has 0 bridgehead atoms. The molecule has 0 radical (unpaired) electrons. The van der Waals surface area contributed by atoms with Crippen molar-refractivity contribution in [2.75, 3.05) is 10.6 Å². The van der Waals surface area contributed by atoms with Gasteiger partial charge in [0.05, 0.1) is 5.69 Å². The number of amidine groups is 1. The highest BCUT2D eigenvalue weighted by Gasteiger charge is 2.31. The number of para-hydroxylation sites is 1. The lowest BCUT2D eigenvalue weighted by Crippen LogP contribution is -2.17. The summed E-state index contributed by atoms with van der Waals surface area (Å²) in [5.74, 6) is 0.603. The second kappa shape index (κ2) is 10.6. The maximum atomic E-state index is 12.4. The molecular weight excluding hydrogens is 517 g/mol. The number of aromatic nitrogens is 3. The lowest BCUT2D eigenvalue weighted by molar-refractivity contribution is -0.274. The number of nitrogens with one attached hydrogen (secondary N) is 2. The summed E-state index contributed by atoms with van der Waals surface area (Å²) in [6, 6.07) is 19.4. The zero-order valence-electron chi connectivity index (χ0n) is 19.7. The average molecular weight is 539 g/mol. The molecule has 8 nitrogen and oxygen atoms in total. The van der Waals surface area contributed by atoms with Crippen LogP contribution in [0.3, 0.4) is 0 Å². The Balaban J connectivity index is 1.20. The van der Waals surface area contributed by atoms with Crippen LogP contribution in [-0.2, 0) is 0 Å². The molecule has 2 amide bonds. The van der Waals surface area contributed by atoms with Crippen molar-refractivity contribution < 1.29 is 22.7 Å². The van der Waals surface area contributed by atoms with E-state index in [9.17, 15) is 18.0 Å². The molecule has 1 heterocycles. The summed E-state index contributed by atoms with van der Waals surface area (Å²) in [7, 11) is 0. The number of ether oxygens (including phenoxy) is 1. The largest absolute Gasteiger partial charge is 0.573 e. The van der Waals surface area contributed by atoms with E-state index < -0.39 is 12.4 Å². The number of aliphatic imine (C=N–C) groups is 1. The lowest BCUT2D eigenvalue weighted by Gasteiger charge is -2.10. The predicted molar refractivity (Wildman–Crippen MR) is 141 cm³/mol. The zero-order valence-corrected chi connectivity index (χ0v) is 20.6. The van der Waals surface area contributed by atoms with Crippen molar-refractivity contribution >= 4 is 35.2 Å². The third kappa shape index (κ3) is 6.51. The van der Waals surface area contributed by atoms with Gasteiger partial charge in [-0.05, 0) is 78.9 Å². The smallest absolute Gasteiger partial charge is 0.406 e. The molecule has 1 aliphatic rings. The van der Waals surface area contributed by atoms with Crippen LogP contribution in [0.1, 0.15) is 24.3 Å². The summed E-state index contributed by atoms with van der Waals surface area (Å²) in [5.41, 5.74) is 3.78. The number of hydrogen-bond donors (Lipinski definition) is 3. The van der Waals surface area contributed by atoms with Crippen molar-refractivity contribution in [3.8, 4) is 22.8 Å². The molecule has 0 saturated heterocycles. The van der Waals surface area contributed by atoms with E-state index >= 15 is 0 Å². The number of urea groups is 1. The number of anilines is 2. The van der Waals surface area contributed by atoms with E-state index in [1.54, 1.807) is 24.3 Å². The minimum atomic E-state index is -4.76. The van der Waals surface area contributed by atoms with Gasteiger partial charge in [-0.15, -0.1) is 30.9 Å². The maximum absolute atomic E-state index is 12.4. The number of rotatable bonds is 6. The first-order chi connectivity index (χ1) is 18.2. The van der Waals surface area contributed by atoms with E-state index in [4.69, 9.17) is 0 Å². The SMILES string of the molecule is O=C(/N=C(\S)Nc1ccccc1C1CC1)Nc1ccc(-c2ncn(-c3ccc(OC(F)(F)F)cc3)n2)cc1. The minimum Gasteiger partial charge on any atom is -0.406 e. The number of carbonyl (C=O) groups is 1. The number of halogens is 3. The van der Waals surface area contributed by atoms with Gasteiger partial charge in [0.1, 0.15) is 12.1 Å². The monoisotopic (exact) mass is 538 g/mol. The molecule has 0 unspecified atom stereocenters. The van der Waals surface area contributed by atoms with Crippen LogP contribution in [0.4, 0.5) is 29.3 Å². The van der Waals surface area contributed by atoms with Gasteiger partial charge in [0, 0.05) is 16.9 Å². The zero-order chi connectivity index (χ0) is 26.7. The van der Waals surface area contributed by atoms with E-state index in [0.717, 1.165) is 18.5 Å². The second-order valence-corrected chi connectivity index (χ2v) is 8.91. The summed E-state index contributed by atoms with van der Waals surface area (Å²) in [4.78, 5) is 20.6. The Bertz CT molecular complexity index is 1470. The molecule has 2 N–H and O–H groups in total. The molecule has 12 heteroatoms. The summed E-state index contributed by atoms with van der Waals surface area (Å²) >= 11 is 4.31. The Morgan fingerprint density at radius 3 is 2.39 bits per heavy atom. The third-order valence-electron chi connectivity index (χ3n) is 5.65. The van der Waals surface area contributed by atoms with E-state index in [1.165, 1.54) is 40.8 Å². The highest BCUT2D eigenvalue weighted by molar-refractivity contribution is 7.97. The van der Waals surface area contributed by atoms with Gasteiger partial charge in [-0.2, -0.15) is 4.99 Å². The highest BCUT2D eigenvalue weighted by Crippen LogP contribution is 2.43. The van der Waals surface area contributed by atoms with E-state index in [1.807, 2.05) is 18.2 Å². The number of thiol groups is 1. The van der Waals surface area contributed by atoms with Gasteiger partial charge in [0.25, 0.3) is 0 Å². The van der Waals surface area contributed by atoms with Crippen LogP contribution < -0.4 is 15.4 Å². The summed E-state index contributed by atoms with van der Waals surface area (Å²) in [6.07, 6.45) is -1.01. The Morgan fingerprint density at radius 1 is 1.00 bits per heavy atom. The molecule has 0 atom stereocenters. The topological polar surface area (TPSA) is 93.4 Å². The molecular formula is C26H21F3N6O2S. The van der Waals surface area contributed by atoms with E-state index in [-0.39, 0.29) is 10.9 Å². The number of benzene rings is 3. The van der Waals surface area contributed by atoms with Crippen LogP contribution in [-0.4, -0.2) is 32.3 Å². The summed E-state index contributed by atoms with van der Waals surface area (Å²) in [6.45, 7) is 0. The van der Waals surface area contributed by atoms with Crippen molar-refractivity contribution in [1.82, 2.24) is 14.8 Å². The van der Waals surface area contributed by atoms with Crippen LogP contribution in [0.2, 0.25) is 0 Å². The van der Waals surface area contributed by atoms with Crippen molar-refractivity contribution in [3.63, 3.8) is 0 Å². The first kappa shape index (κ1) is 25.3. The number of amides is 2. The quantitative estimate of drug-likeness (QED) is 0.145. The molecule has 3 aromatic carbocycles. The average Bonchev–Trinajstić information content (AvgIpc) is 3.60. The van der Waals surface area contributed by atoms with Crippen molar-refractivity contribution in [2.45, 2.75) is 25.1 Å². The van der Waals surface area contributed by atoms with Crippen LogP contribution >= 0.6 is 12.6 Å². The number of carbonyl (C=O) groups excluding carboxylic acids is 1. The Hall–Kier alpha value is -4.32. The van der Waals surface area contributed by atoms with Gasteiger partial charge in [-0.25, -0.2) is 14.5 Å². The van der Waals surface area contributed by atoms with Gasteiger partial charge in [0.15, 0.2) is 11.0 Å². The number of hydrogen-bond acceptors (Lipinski definition) is 4. The molecule has 4 aromatic rings. The fraction of sp³-hybridized carbons (Fsp3) is 0.154. The van der Waals surface area contributed by atoms with Crippen molar-refractivity contribution in [3.05, 3.63) is 84.7 Å². The Kier molecular flexibility index (Phi) is 7.05. The molecule has 194 valence electrons. The lowest BCUT2D eigenvalue weighted by atomic mass is 10.1. The van der Waals surface area contributed by atoms with Crippen LogP contribution in [0.5, 0.6) is 5.75 Å². The molecule has 38 heavy (non-hydrogen) atoms. The molecule has 0 aliphatic heterocycles. The van der Waals surface area contributed by atoms with E-state index in [2.05, 4.69) is 49.1 Å². The van der Waals surface area contributed by atoms with Gasteiger partial charge < -0.3 is 15.4 Å². The Morgan fingerprint density at radius 2 is 1.71 bits per heavy atom. The molecule has 5 rings (SSSR count). The van der Waals surface area contributed by atoms with Gasteiger partial charge >= 0.3 is 12.4 Å². The molecule has 1 saturated carbocycles. The van der Waals surface area contributed by atoms with Crippen LogP contribution in [0.15, 0.2) is 84.1 Å². The van der Waals surface area contributed by atoms with Gasteiger partial charge in [0.2, 0.25) is 0 Å². The van der Waals surface area contributed by atoms with Crippen LogP contribution in [0, 0.1) is 0 Å². The molecule has 1 fully saturated rings. The standard InChI is InChI=1S/C26H21F3N6O2S/c27-26(28,29)37-20-13-11-19(12-14-20)35-15-30-23(34-35)17-7-9-18(10-8-17)31-24(36)33-25(38)32-22-4-2-1-3-21(22)16-5-6-16/h1-4,7-16H,5-6H2,(H3,31,32,33,36,38). The molecule has 0 spiro atoms. The summed E-state index contributed by atoms with van der Waals surface area (Å²) in [5, 5.41) is 10.3. The predicted octanol–water partition coefficient (Wildman–Crippen LogP) is 6.64. The van der Waals surface area contributed by atoms with Crippen molar-refractivity contribution in [1.29, 1.82) is 0 Å². The normalized spacial score (nSPS) is 13.7. The first-order valence-electron chi connectivity index (χ1n) is 11.6.